The van der Waals surface area contributed by atoms with Gasteiger partial charge in [-0.2, -0.15) is 4.31 Å². The molecule has 3 rings (SSSR count). The zero-order chi connectivity index (χ0) is 22.6. The highest BCUT2D eigenvalue weighted by atomic mass is 32.2. The maximum atomic E-state index is 13.0. The lowest BCUT2D eigenvalue weighted by Crippen LogP contribution is -2.43. The van der Waals surface area contributed by atoms with Crippen molar-refractivity contribution in [2.75, 3.05) is 32.6 Å². The van der Waals surface area contributed by atoms with Crippen molar-refractivity contribution in [3.05, 3.63) is 53.6 Å². The van der Waals surface area contributed by atoms with Crippen molar-refractivity contribution in [1.82, 2.24) is 4.31 Å². The van der Waals surface area contributed by atoms with E-state index in [2.05, 4.69) is 5.32 Å². The molecule has 31 heavy (non-hydrogen) atoms. The summed E-state index contributed by atoms with van der Waals surface area (Å²) in [4.78, 5) is 24.9. The van der Waals surface area contributed by atoms with Crippen molar-refractivity contribution in [3.8, 4) is 5.75 Å². The van der Waals surface area contributed by atoms with Gasteiger partial charge in [-0.3, -0.25) is 4.79 Å². The molecule has 8 nitrogen and oxygen atoms in total. The highest BCUT2D eigenvalue weighted by Crippen LogP contribution is 2.27. The lowest BCUT2D eigenvalue weighted by atomic mass is 9.98. The van der Waals surface area contributed by atoms with E-state index in [0.717, 1.165) is 0 Å². The number of piperidine rings is 1. The highest BCUT2D eigenvalue weighted by Gasteiger charge is 2.33. The number of anilines is 1. The first-order chi connectivity index (χ1) is 14.8. The Labute approximate surface area is 182 Å². The number of amides is 1. The van der Waals surface area contributed by atoms with Gasteiger partial charge in [-0.25, -0.2) is 13.2 Å². The van der Waals surface area contributed by atoms with Crippen LogP contribution in [-0.2, 0) is 19.6 Å². The van der Waals surface area contributed by atoms with E-state index in [1.54, 1.807) is 37.3 Å². The van der Waals surface area contributed by atoms with Crippen molar-refractivity contribution in [3.63, 3.8) is 0 Å². The number of sulfonamides is 1. The number of nitrogens with one attached hydrogen (secondary N) is 1. The summed E-state index contributed by atoms with van der Waals surface area (Å²) >= 11 is 0. The molecule has 1 N–H and O–H groups in total. The highest BCUT2D eigenvalue weighted by molar-refractivity contribution is 7.89. The molecule has 1 amide bonds. The zero-order valence-electron chi connectivity index (χ0n) is 17.8. The number of rotatable bonds is 6. The Kier molecular flexibility index (Phi) is 6.97. The summed E-state index contributed by atoms with van der Waals surface area (Å²) < 4.78 is 37.2. The van der Waals surface area contributed by atoms with Gasteiger partial charge >= 0.3 is 5.97 Å². The molecule has 2 aromatic rings. The third-order valence-electron chi connectivity index (χ3n) is 5.45. The Hall–Kier alpha value is -2.91. The average Bonchev–Trinajstić information content (AvgIpc) is 2.80. The number of carbonyl (C=O) groups excluding carboxylic acids is 2. The first-order valence-electron chi connectivity index (χ1n) is 9.91. The van der Waals surface area contributed by atoms with E-state index in [1.807, 2.05) is 0 Å². The summed E-state index contributed by atoms with van der Waals surface area (Å²) in [6, 6.07) is 11.2. The molecule has 1 heterocycles. The lowest BCUT2D eigenvalue weighted by molar-refractivity contribution is -0.120. The molecule has 0 radical (unpaired) electrons. The third-order valence-corrected chi connectivity index (χ3v) is 7.33. The van der Waals surface area contributed by atoms with E-state index < -0.39 is 21.9 Å². The van der Waals surface area contributed by atoms with Crippen LogP contribution >= 0.6 is 0 Å². The fourth-order valence-electron chi connectivity index (χ4n) is 3.61. The predicted octanol–water partition coefficient (Wildman–Crippen LogP) is 2.83. The maximum Gasteiger partial charge on any atom is 0.338 e. The minimum Gasteiger partial charge on any atom is -0.497 e. The van der Waals surface area contributed by atoms with Crippen molar-refractivity contribution in [1.29, 1.82) is 0 Å². The number of methoxy groups -OCH3 is 2. The molecule has 9 heteroatoms. The van der Waals surface area contributed by atoms with Crippen molar-refractivity contribution in [2.24, 2.45) is 5.92 Å². The fourth-order valence-corrected chi connectivity index (χ4v) is 5.13. The first-order valence-corrected chi connectivity index (χ1v) is 11.3. The van der Waals surface area contributed by atoms with E-state index in [4.69, 9.17) is 9.47 Å². The second-order valence-electron chi connectivity index (χ2n) is 7.34. The van der Waals surface area contributed by atoms with Gasteiger partial charge in [-0.05, 0) is 61.7 Å². The molecule has 1 aliphatic rings. The topological polar surface area (TPSA) is 102 Å². The second kappa shape index (κ2) is 9.49. The summed E-state index contributed by atoms with van der Waals surface area (Å²) in [5.41, 5.74) is 1.47. The summed E-state index contributed by atoms with van der Waals surface area (Å²) in [6.07, 6.45) is 1.16. The number of ether oxygens (including phenoxy) is 2. The summed E-state index contributed by atoms with van der Waals surface area (Å²) in [5.74, 6) is -0.690. The standard InChI is InChI=1S/C22H26N2O6S/c1-15-19(22(26)30-3)7-4-8-20(15)23-21(25)16-6-5-13-24(14-16)31(27,28)18-11-9-17(29-2)10-12-18/h4,7-12,16H,5-6,13-14H2,1-3H3,(H,23,25)/t16-/m0/s1. The Morgan fingerprint density at radius 2 is 1.81 bits per heavy atom. The quantitative estimate of drug-likeness (QED) is 0.685. The summed E-state index contributed by atoms with van der Waals surface area (Å²) in [7, 11) is -0.907. The predicted molar refractivity (Wildman–Crippen MR) is 116 cm³/mol. The van der Waals surface area contributed by atoms with Gasteiger partial charge in [0.25, 0.3) is 0 Å². The molecule has 1 aliphatic heterocycles. The molecular weight excluding hydrogens is 420 g/mol. The van der Waals surface area contributed by atoms with Crippen LogP contribution in [0.15, 0.2) is 47.4 Å². The lowest BCUT2D eigenvalue weighted by Gasteiger charge is -2.31. The number of hydrogen-bond acceptors (Lipinski definition) is 6. The second-order valence-corrected chi connectivity index (χ2v) is 9.27. The molecule has 0 aromatic heterocycles. The number of nitrogens with zero attached hydrogens (tertiary/aromatic N) is 1. The molecule has 2 aromatic carbocycles. The van der Waals surface area contributed by atoms with Gasteiger partial charge in [-0.1, -0.05) is 6.07 Å². The number of hydrogen-bond donors (Lipinski definition) is 1. The molecule has 166 valence electrons. The van der Waals surface area contributed by atoms with Crippen molar-refractivity contribution >= 4 is 27.6 Å². The molecule has 0 aliphatic carbocycles. The molecule has 1 saturated heterocycles. The molecular formula is C22H26N2O6S. The monoisotopic (exact) mass is 446 g/mol. The molecule has 0 saturated carbocycles. The number of esters is 1. The smallest absolute Gasteiger partial charge is 0.338 e. The minimum atomic E-state index is -3.72. The number of benzene rings is 2. The van der Waals surface area contributed by atoms with E-state index in [0.29, 0.717) is 42.0 Å². The first kappa shape index (κ1) is 22.8. The van der Waals surface area contributed by atoms with Crippen LogP contribution in [0.5, 0.6) is 5.75 Å². The molecule has 1 fully saturated rings. The molecule has 0 bridgehead atoms. The van der Waals surface area contributed by atoms with Crippen LogP contribution in [0.2, 0.25) is 0 Å². The zero-order valence-corrected chi connectivity index (χ0v) is 18.6. The normalized spacial score (nSPS) is 17.1. The molecule has 0 spiro atoms. The Balaban J connectivity index is 1.74. The van der Waals surface area contributed by atoms with Crippen molar-refractivity contribution in [2.45, 2.75) is 24.7 Å². The van der Waals surface area contributed by atoms with Crippen LogP contribution < -0.4 is 10.1 Å². The summed E-state index contributed by atoms with van der Waals surface area (Å²) in [6.45, 7) is 2.17. The van der Waals surface area contributed by atoms with Crippen LogP contribution in [0, 0.1) is 12.8 Å². The van der Waals surface area contributed by atoms with Gasteiger partial charge in [0.2, 0.25) is 15.9 Å². The Bertz CT molecular complexity index is 1070. The van der Waals surface area contributed by atoms with E-state index in [1.165, 1.54) is 30.7 Å². The van der Waals surface area contributed by atoms with Crippen molar-refractivity contribution < 1.29 is 27.5 Å². The maximum absolute atomic E-state index is 13.0. The van der Waals surface area contributed by atoms with E-state index >= 15 is 0 Å². The van der Waals surface area contributed by atoms with Crippen LogP contribution in [0.4, 0.5) is 5.69 Å². The van der Waals surface area contributed by atoms with E-state index in [9.17, 15) is 18.0 Å². The van der Waals surface area contributed by atoms with Gasteiger partial charge in [0.05, 0.1) is 30.6 Å². The number of carbonyl (C=O) groups is 2. The van der Waals surface area contributed by atoms with Crippen LogP contribution in [-0.4, -0.2) is 51.9 Å². The Morgan fingerprint density at radius 1 is 1.10 bits per heavy atom. The van der Waals surface area contributed by atoms with Gasteiger partial charge in [-0.15, -0.1) is 0 Å². The van der Waals surface area contributed by atoms with Gasteiger partial charge in [0.1, 0.15) is 5.75 Å². The largest absolute Gasteiger partial charge is 0.497 e. The molecule has 1 atom stereocenters. The van der Waals surface area contributed by atoms with Crippen LogP contribution in [0.3, 0.4) is 0 Å². The SMILES string of the molecule is COC(=O)c1cccc(NC(=O)[C@H]2CCCN(S(=O)(=O)c3ccc(OC)cc3)C2)c1C. The van der Waals surface area contributed by atoms with Gasteiger partial charge in [0, 0.05) is 18.8 Å². The fraction of sp³-hybridized carbons (Fsp3) is 0.364. The van der Waals surface area contributed by atoms with Gasteiger partial charge in [0.15, 0.2) is 0 Å². The van der Waals surface area contributed by atoms with Crippen LogP contribution in [0.25, 0.3) is 0 Å². The van der Waals surface area contributed by atoms with Crippen LogP contribution in [0.1, 0.15) is 28.8 Å². The average molecular weight is 447 g/mol. The van der Waals surface area contributed by atoms with Gasteiger partial charge < -0.3 is 14.8 Å². The Morgan fingerprint density at radius 3 is 2.45 bits per heavy atom. The minimum absolute atomic E-state index is 0.0932. The summed E-state index contributed by atoms with van der Waals surface area (Å²) in [5, 5.41) is 2.84. The molecule has 0 unspecified atom stereocenters. The van der Waals surface area contributed by atoms with E-state index in [-0.39, 0.29) is 17.3 Å². The third kappa shape index (κ3) is 4.88.